The van der Waals surface area contributed by atoms with E-state index >= 15 is 0 Å². The Hall–Kier alpha value is -3.57. The van der Waals surface area contributed by atoms with Crippen LogP contribution in [0.3, 0.4) is 0 Å². The van der Waals surface area contributed by atoms with Crippen molar-refractivity contribution in [1.29, 1.82) is 0 Å². The molecule has 8 heteroatoms. The maximum absolute atomic E-state index is 5.50. The standard InChI is InChI=1S/C48H58N4Si4/c1-47(2,3)27-19-31-29-23-36-30(24-35(29)51-37-25-49-45-43(39(37)33(21-27)41(31)51)53(7,8)15-17-55(45,11)12)32-20-28(48(4,5)6)22-34-40-38(52(36)42(32)34)26-50-46-44(40)54(9,10)16-18-56(46,13)14/h19-26H,15-18H2,1-14H3. The fraction of sp³-hybridized carbons (Fsp3) is 0.417. The third kappa shape index (κ3) is 4.34. The molecule has 11 rings (SSSR count). The topological polar surface area (TPSA) is 34.6 Å². The lowest BCUT2D eigenvalue weighted by molar-refractivity contribution is 0.591. The number of pyridine rings is 2. The number of fused-ring (bicyclic) bond motifs is 16. The fourth-order valence-electron chi connectivity index (χ4n) is 11.5. The summed E-state index contributed by atoms with van der Waals surface area (Å²) in [4.78, 5) is 11.0. The molecule has 286 valence electrons. The second-order valence-electron chi connectivity index (χ2n) is 22.9. The molecule has 0 amide bonds. The van der Waals surface area contributed by atoms with Crippen molar-refractivity contribution in [2.24, 2.45) is 0 Å². The highest BCUT2D eigenvalue weighted by Crippen LogP contribution is 2.47. The Kier molecular flexibility index (Phi) is 6.57. The number of aromatic nitrogens is 4. The van der Waals surface area contributed by atoms with Gasteiger partial charge in [0.1, 0.15) is 16.1 Å². The lowest BCUT2D eigenvalue weighted by Crippen LogP contribution is -2.64. The monoisotopic (exact) mass is 802 g/mol. The number of rotatable bonds is 0. The van der Waals surface area contributed by atoms with Gasteiger partial charge in [-0.05, 0) is 68.7 Å². The van der Waals surface area contributed by atoms with Crippen LogP contribution in [-0.4, -0.2) is 51.1 Å². The van der Waals surface area contributed by atoms with Crippen LogP contribution < -0.4 is 21.0 Å². The lowest BCUT2D eigenvalue weighted by Gasteiger charge is -2.39. The van der Waals surface area contributed by atoms with Crippen molar-refractivity contribution in [3.05, 3.63) is 59.9 Å². The predicted molar refractivity (Wildman–Crippen MR) is 256 cm³/mol. The zero-order valence-corrected chi connectivity index (χ0v) is 40.2. The Bertz CT molecular complexity index is 3000. The van der Waals surface area contributed by atoms with E-state index in [0.29, 0.717) is 0 Å². The number of hydrogen-bond donors (Lipinski definition) is 0. The van der Waals surface area contributed by atoms with E-state index in [1.807, 2.05) is 0 Å². The van der Waals surface area contributed by atoms with Crippen LogP contribution in [0.4, 0.5) is 0 Å². The van der Waals surface area contributed by atoms with Gasteiger partial charge in [-0.3, -0.25) is 9.97 Å². The molecule has 0 radical (unpaired) electrons. The van der Waals surface area contributed by atoms with Crippen molar-refractivity contribution in [2.45, 2.75) is 129 Å². The summed E-state index contributed by atoms with van der Waals surface area (Å²) in [5.41, 5.74) is 10.9. The average molecular weight is 803 g/mol. The maximum Gasteiger partial charge on any atom is 0.104 e. The quantitative estimate of drug-likeness (QED) is 0.143. The van der Waals surface area contributed by atoms with Gasteiger partial charge in [-0.25, -0.2) is 0 Å². The summed E-state index contributed by atoms with van der Waals surface area (Å²) in [5.74, 6) is 0. The highest BCUT2D eigenvalue weighted by molar-refractivity contribution is 7.05. The smallest absolute Gasteiger partial charge is 0.104 e. The van der Waals surface area contributed by atoms with Gasteiger partial charge in [0.2, 0.25) is 0 Å². The van der Waals surface area contributed by atoms with Gasteiger partial charge >= 0.3 is 0 Å². The molecule has 0 atom stereocenters. The first-order valence-electron chi connectivity index (χ1n) is 21.3. The summed E-state index contributed by atoms with van der Waals surface area (Å²) in [6.45, 7) is 35.0. The van der Waals surface area contributed by atoms with Crippen LogP contribution in [0, 0.1) is 0 Å². The Morgan fingerprint density at radius 3 is 1.12 bits per heavy atom. The van der Waals surface area contributed by atoms with Crippen LogP contribution in [0.15, 0.2) is 48.8 Å². The van der Waals surface area contributed by atoms with Gasteiger partial charge in [0.05, 0.1) is 61.6 Å². The molecule has 0 saturated carbocycles. The van der Waals surface area contributed by atoms with E-state index in [1.165, 1.54) is 122 Å². The van der Waals surface area contributed by atoms with Gasteiger partial charge in [0, 0.05) is 53.7 Å². The van der Waals surface area contributed by atoms with Crippen LogP contribution in [0.25, 0.3) is 76.2 Å². The molecule has 2 aliphatic rings. The van der Waals surface area contributed by atoms with Gasteiger partial charge in [-0.15, -0.1) is 0 Å². The van der Waals surface area contributed by atoms with Crippen molar-refractivity contribution >= 4 is 129 Å². The van der Waals surface area contributed by atoms with Gasteiger partial charge in [0.15, 0.2) is 0 Å². The summed E-state index contributed by atoms with van der Waals surface area (Å²) in [7, 11) is -6.73. The molecule has 0 N–H and O–H groups in total. The zero-order valence-electron chi connectivity index (χ0n) is 36.2. The third-order valence-corrected chi connectivity index (χ3v) is 29.6. The predicted octanol–water partition coefficient (Wildman–Crippen LogP) is 11.1. The van der Waals surface area contributed by atoms with Crippen LogP contribution >= 0.6 is 0 Å². The Labute approximate surface area is 335 Å². The molecule has 2 aliphatic heterocycles. The molecule has 56 heavy (non-hydrogen) atoms. The van der Waals surface area contributed by atoms with Crippen LogP contribution in [0.5, 0.6) is 0 Å². The molecule has 8 heterocycles. The molecule has 6 aromatic heterocycles. The maximum atomic E-state index is 5.50. The van der Waals surface area contributed by atoms with Crippen molar-refractivity contribution in [1.82, 2.24) is 18.8 Å². The van der Waals surface area contributed by atoms with Crippen LogP contribution in [0.2, 0.25) is 76.6 Å². The van der Waals surface area contributed by atoms with E-state index < -0.39 is 32.3 Å². The molecule has 0 aliphatic carbocycles. The summed E-state index contributed by atoms with van der Waals surface area (Å²) in [6, 6.07) is 20.8. The zero-order chi connectivity index (χ0) is 39.6. The first-order chi connectivity index (χ1) is 26.0. The molecule has 0 saturated heterocycles. The van der Waals surface area contributed by atoms with Gasteiger partial charge in [0.25, 0.3) is 0 Å². The van der Waals surface area contributed by atoms with E-state index in [2.05, 4.69) is 152 Å². The SMILES string of the molecule is CC(C)(C)c1cc2c3cc4c(cc3n3c5cnc6c(c5c(c1)c23)[Si](C)(C)CC[Si]6(C)C)c1cc(C(C)(C)C)cc2c3c5c(ncc3n4c12)[Si](C)(C)CC[Si]5(C)C. The van der Waals surface area contributed by atoms with Gasteiger partial charge in [-0.2, -0.15) is 0 Å². The Morgan fingerprint density at radius 2 is 0.768 bits per heavy atom. The Balaban J connectivity index is 1.37. The highest BCUT2D eigenvalue weighted by atomic mass is 28.3. The molecule has 0 unspecified atom stereocenters. The lowest BCUT2D eigenvalue weighted by atomic mass is 9.85. The van der Waals surface area contributed by atoms with Gasteiger partial charge in [-0.1, -0.05) is 118 Å². The van der Waals surface area contributed by atoms with Crippen molar-refractivity contribution < 1.29 is 0 Å². The van der Waals surface area contributed by atoms with Crippen LogP contribution in [0.1, 0.15) is 52.7 Å². The minimum Gasteiger partial charge on any atom is -0.306 e. The highest BCUT2D eigenvalue weighted by Gasteiger charge is 2.45. The normalized spacial score (nSPS) is 19.5. The average Bonchev–Trinajstić information content (AvgIpc) is 3.82. The van der Waals surface area contributed by atoms with Gasteiger partial charge < -0.3 is 8.80 Å². The fourth-order valence-corrected chi connectivity index (χ4v) is 32.3. The molecule has 4 nitrogen and oxygen atoms in total. The van der Waals surface area contributed by atoms with Crippen molar-refractivity contribution in [2.75, 3.05) is 0 Å². The first kappa shape index (κ1) is 35.6. The van der Waals surface area contributed by atoms with E-state index in [0.717, 1.165) is 0 Å². The molecular formula is C48H58N4Si4. The number of nitrogens with zero attached hydrogens (tertiary/aromatic N) is 4. The van der Waals surface area contributed by atoms with E-state index in [1.54, 1.807) is 10.4 Å². The second kappa shape index (κ2) is 10.3. The van der Waals surface area contributed by atoms with Crippen molar-refractivity contribution in [3.8, 4) is 0 Å². The molecular weight excluding hydrogens is 745 g/mol. The Morgan fingerprint density at radius 1 is 0.429 bits per heavy atom. The summed E-state index contributed by atoms with van der Waals surface area (Å²) in [6.07, 6.45) is 4.56. The largest absolute Gasteiger partial charge is 0.306 e. The first-order valence-corrected chi connectivity index (χ1v) is 34.1. The molecule has 9 aromatic rings. The number of benzene rings is 3. The van der Waals surface area contributed by atoms with Crippen LogP contribution in [-0.2, 0) is 10.8 Å². The molecule has 0 fully saturated rings. The summed E-state index contributed by atoms with van der Waals surface area (Å²) < 4.78 is 5.27. The number of hydrogen-bond acceptors (Lipinski definition) is 2. The third-order valence-electron chi connectivity index (χ3n) is 15.1. The molecule has 0 bridgehead atoms. The summed E-state index contributed by atoms with van der Waals surface area (Å²) in [5, 5.41) is 17.7. The van der Waals surface area contributed by atoms with Crippen molar-refractivity contribution in [3.63, 3.8) is 0 Å². The second-order valence-corrected chi connectivity index (χ2v) is 41.9. The van der Waals surface area contributed by atoms with E-state index in [4.69, 9.17) is 9.97 Å². The molecule has 0 spiro atoms. The molecule has 3 aromatic carbocycles. The summed E-state index contributed by atoms with van der Waals surface area (Å²) >= 11 is 0. The minimum atomic E-state index is -1.72. The van der Waals surface area contributed by atoms with E-state index in [-0.39, 0.29) is 10.8 Å². The van der Waals surface area contributed by atoms with E-state index in [9.17, 15) is 0 Å². The minimum absolute atomic E-state index is 0.0214.